The van der Waals surface area contributed by atoms with Crippen LogP contribution in [-0.2, 0) is 0 Å². The van der Waals surface area contributed by atoms with E-state index in [9.17, 15) is 0 Å². The summed E-state index contributed by atoms with van der Waals surface area (Å²) in [6.07, 6.45) is 19.9. The zero-order valence-corrected chi connectivity index (χ0v) is 17.9. The molecule has 0 spiro atoms. The van der Waals surface area contributed by atoms with Gasteiger partial charge in [0.25, 0.3) is 0 Å². The van der Waals surface area contributed by atoms with Crippen LogP contribution in [0.15, 0.2) is 16.6 Å². The lowest BCUT2D eigenvalue weighted by atomic mass is 10.1. The van der Waals surface area contributed by atoms with Crippen molar-refractivity contribution in [2.75, 3.05) is 0 Å². The summed E-state index contributed by atoms with van der Waals surface area (Å²) in [4.78, 5) is 0. The Balaban J connectivity index is 2.12. The lowest BCUT2D eigenvalue weighted by Crippen LogP contribution is -2.38. The molecular weight excluding hydrogens is 308 g/mol. The molecule has 0 fully saturated rings. The summed E-state index contributed by atoms with van der Waals surface area (Å²) in [7, 11) is -1.38. The summed E-state index contributed by atoms with van der Waals surface area (Å²) >= 11 is 0. The summed E-state index contributed by atoms with van der Waals surface area (Å²) in [6.45, 7) is 11.4. The van der Waals surface area contributed by atoms with Crippen LogP contribution in [0.3, 0.4) is 0 Å². The highest BCUT2D eigenvalue weighted by molar-refractivity contribution is 6.88. The van der Waals surface area contributed by atoms with Gasteiger partial charge in [0.1, 0.15) is 13.8 Å². The molecule has 0 aromatic carbocycles. The van der Waals surface area contributed by atoms with Crippen LogP contribution in [0.2, 0.25) is 19.6 Å². The molecule has 0 radical (unpaired) electrons. The average molecular weight is 349 g/mol. The lowest BCUT2D eigenvalue weighted by molar-refractivity contribution is 0.558. The first-order chi connectivity index (χ1) is 11.4. The number of hydrogen-bond donors (Lipinski definition) is 0. The zero-order chi connectivity index (χ0) is 17.8. The van der Waals surface area contributed by atoms with E-state index >= 15 is 0 Å². The van der Waals surface area contributed by atoms with Gasteiger partial charge in [-0.1, -0.05) is 96.5 Å². The van der Waals surface area contributed by atoms with Crippen molar-refractivity contribution in [1.82, 2.24) is 0 Å². The fourth-order valence-corrected chi connectivity index (χ4v) is 4.69. The molecule has 1 rings (SSSR count). The van der Waals surface area contributed by atoms with Gasteiger partial charge in [-0.2, -0.15) is 0 Å². The van der Waals surface area contributed by atoms with Crippen molar-refractivity contribution in [2.24, 2.45) is 0 Å². The fraction of sp³-hybridized carbons (Fsp3) is 0.727. The molecule has 1 heterocycles. The van der Waals surface area contributed by atoms with E-state index in [1.807, 2.05) is 0 Å². The topological polar surface area (TPSA) is 13.1 Å². The van der Waals surface area contributed by atoms with Gasteiger partial charge in [0.2, 0.25) is 0 Å². The number of allylic oxidation sites excluding steroid dienone is 1. The molecule has 0 aliphatic heterocycles. The Kier molecular flexibility index (Phi) is 10.4. The Labute approximate surface area is 151 Å². The SMILES string of the molecule is CCCCCCCCCCCC/C=C/c1cc(C)oc1[Si](C)(C)C. The standard InChI is InChI=1S/C22H40OSi/c1-6-7-8-9-10-11-12-13-14-15-16-17-18-21-19-20(2)23-22(21)24(3,4)5/h17-19H,6-16H2,1-5H3/b18-17+. The molecule has 24 heavy (non-hydrogen) atoms. The normalized spacial score (nSPS) is 12.4. The summed E-state index contributed by atoms with van der Waals surface area (Å²) in [5, 5.41) is 1.25. The van der Waals surface area contributed by atoms with Gasteiger partial charge in [-0.25, -0.2) is 0 Å². The Morgan fingerprint density at radius 1 is 0.875 bits per heavy atom. The molecule has 2 heteroatoms. The van der Waals surface area contributed by atoms with Crippen molar-refractivity contribution in [3.63, 3.8) is 0 Å². The molecule has 0 aliphatic carbocycles. The second-order valence-corrected chi connectivity index (χ2v) is 13.2. The predicted octanol–water partition coefficient (Wildman–Crippen LogP) is 7.46. The van der Waals surface area contributed by atoms with E-state index in [0.29, 0.717) is 0 Å². The number of hydrogen-bond acceptors (Lipinski definition) is 1. The first-order valence-corrected chi connectivity index (χ1v) is 13.7. The smallest absolute Gasteiger partial charge is 0.124 e. The van der Waals surface area contributed by atoms with E-state index in [1.54, 1.807) is 0 Å². The lowest BCUT2D eigenvalue weighted by Gasteiger charge is -2.13. The van der Waals surface area contributed by atoms with Gasteiger partial charge in [0, 0.05) is 5.56 Å². The largest absolute Gasteiger partial charge is 0.471 e. The van der Waals surface area contributed by atoms with E-state index < -0.39 is 8.07 Å². The molecule has 1 aromatic heterocycles. The van der Waals surface area contributed by atoms with E-state index in [1.165, 1.54) is 81.6 Å². The second kappa shape index (κ2) is 11.7. The molecular formula is C22H40OSi. The van der Waals surface area contributed by atoms with Crippen molar-refractivity contribution in [3.05, 3.63) is 23.5 Å². The third kappa shape index (κ3) is 8.91. The molecule has 0 bridgehead atoms. The minimum atomic E-state index is -1.38. The van der Waals surface area contributed by atoms with Crippen LogP contribution in [-0.4, -0.2) is 8.07 Å². The van der Waals surface area contributed by atoms with Crippen LogP contribution in [0.4, 0.5) is 0 Å². The average Bonchev–Trinajstić information content (AvgIpc) is 2.89. The maximum Gasteiger partial charge on any atom is 0.124 e. The van der Waals surface area contributed by atoms with Gasteiger partial charge in [0.05, 0.1) is 5.38 Å². The number of unbranched alkanes of at least 4 members (excludes halogenated alkanes) is 10. The van der Waals surface area contributed by atoms with Gasteiger partial charge in [0.15, 0.2) is 0 Å². The molecule has 0 amide bonds. The Morgan fingerprint density at radius 3 is 1.96 bits per heavy atom. The highest BCUT2D eigenvalue weighted by Crippen LogP contribution is 2.15. The van der Waals surface area contributed by atoms with Crippen LogP contribution < -0.4 is 5.38 Å². The minimum Gasteiger partial charge on any atom is -0.471 e. The molecule has 1 nitrogen and oxygen atoms in total. The summed E-state index contributed by atoms with van der Waals surface area (Å²) in [5.74, 6) is 1.05. The minimum absolute atomic E-state index is 1.05. The van der Waals surface area contributed by atoms with Gasteiger partial charge in [-0.15, -0.1) is 0 Å². The maximum atomic E-state index is 5.95. The zero-order valence-electron chi connectivity index (χ0n) is 16.9. The fourth-order valence-electron chi connectivity index (χ4n) is 3.20. The molecule has 0 aliphatic rings. The monoisotopic (exact) mass is 348 g/mol. The quantitative estimate of drug-likeness (QED) is 0.266. The first kappa shape index (κ1) is 21.3. The van der Waals surface area contributed by atoms with Crippen molar-refractivity contribution in [3.8, 4) is 0 Å². The molecule has 0 N–H and O–H groups in total. The van der Waals surface area contributed by atoms with Gasteiger partial charge < -0.3 is 4.42 Å². The third-order valence-electron chi connectivity index (χ3n) is 4.59. The Bertz CT molecular complexity index is 465. The predicted molar refractivity (Wildman–Crippen MR) is 112 cm³/mol. The molecule has 0 saturated carbocycles. The van der Waals surface area contributed by atoms with E-state index in [2.05, 4.69) is 51.7 Å². The number of aryl methyl sites for hydroxylation is 1. The van der Waals surface area contributed by atoms with Gasteiger partial charge >= 0.3 is 0 Å². The second-order valence-electron chi connectivity index (χ2n) is 8.26. The van der Waals surface area contributed by atoms with Crippen molar-refractivity contribution in [2.45, 2.75) is 104 Å². The number of furan rings is 1. The van der Waals surface area contributed by atoms with Crippen LogP contribution in [0, 0.1) is 6.92 Å². The summed E-state index contributed by atoms with van der Waals surface area (Å²) in [6, 6.07) is 2.20. The van der Waals surface area contributed by atoms with Gasteiger partial charge in [-0.3, -0.25) is 0 Å². The van der Waals surface area contributed by atoms with Crippen molar-refractivity contribution >= 4 is 19.5 Å². The van der Waals surface area contributed by atoms with Crippen LogP contribution in [0.5, 0.6) is 0 Å². The molecule has 1 aromatic rings. The van der Waals surface area contributed by atoms with Crippen LogP contribution in [0.25, 0.3) is 6.08 Å². The third-order valence-corrected chi connectivity index (χ3v) is 6.34. The molecule has 0 unspecified atom stereocenters. The van der Waals surface area contributed by atoms with Crippen LogP contribution in [0.1, 0.15) is 88.9 Å². The Hall–Kier alpha value is -0.763. The molecule has 0 saturated heterocycles. The summed E-state index contributed by atoms with van der Waals surface area (Å²) < 4.78 is 5.95. The summed E-state index contributed by atoms with van der Waals surface area (Å²) in [5.41, 5.74) is 1.32. The highest BCUT2D eigenvalue weighted by Gasteiger charge is 2.23. The molecule has 138 valence electrons. The van der Waals surface area contributed by atoms with Gasteiger partial charge in [-0.05, 0) is 25.8 Å². The van der Waals surface area contributed by atoms with Crippen molar-refractivity contribution in [1.29, 1.82) is 0 Å². The van der Waals surface area contributed by atoms with E-state index in [-0.39, 0.29) is 0 Å². The Morgan fingerprint density at radius 2 is 1.42 bits per heavy atom. The molecule has 0 atom stereocenters. The van der Waals surface area contributed by atoms with E-state index in [0.717, 1.165) is 5.76 Å². The number of rotatable bonds is 13. The van der Waals surface area contributed by atoms with Crippen molar-refractivity contribution < 1.29 is 4.42 Å². The first-order valence-electron chi connectivity index (χ1n) is 10.2. The highest BCUT2D eigenvalue weighted by atomic mass is 28.3. The maximum absolute atomic E-state index is 5.95. The van der Waals surface area contributed by atoms with E-state index in [4.69, 9.17) is 4.42 Å². The van der Waals surface area contributed by atoms with Crippen LogP contribution >= 0.6 is 0 Å².